The molecule has 0 bridgehead atoms. The number of hydrogen-bond donors (Lipinski definition) is 2. The molecule has 0 unspecified atom stereocenters. The van der Waals surface area contributed by atoms with Crippen LogP contribution in [0.2, 0.25) is 0 Å². The van der Waals surface area contributed by atoms with E-state index < -0.39 is 5.41 Å². The number of fused-ring (bicyclic) bond motifs is 3. The van der Waals surface area contributed by atoms with Crippen molar-refractivity contribution in [1.82, 2.24) is 0 Å². The van der Waals surface area contributed by atoms with E-state index in [1.807, 2.05) is 48.5 Å². The van der Waals surface area contributed by atoms with E-state index in [1.54, 1.807) is 0 Å². The van der Waals surface area contributed by atoms with Crippen LogP contribution in [-0.2, 0) is 15.0 Å². The third kappa shape index (κ3) is 9.15. The Hall–Kier alpha value is -6.28. The van der Waals surface area contributed by atoms with E-state index in [9.17, 15) is 19.8 Å². The second kappa shape index (κ2) is 17.8. The monoisotopic (exact) mass is 696 g/mol. The van der Waals surface area contributed by atoms with Crippen LogP contribution in [0.3, 0.4) is 0 Å². The molecule has 0 saturated heterocycles. The van der Waals surface area contributed by atoms with E-state index >= 15 is 0 Å². The first-order valence-electron chi connectivity index (χ1n) is 18.1. The van der Waals surface area contributed by atoms with Gasteiger partial charge >= 0.3 is 0 Å². The lowest BCUT2D eigenvalue weighted by molar-refractivity contribution is -0.113. The molecule has 264 valence electrons. The van der Waals surface area contributed by atoms with Crippen LogP contribution in [0.5, 0.6) is 0 Å². The van der Waals surface area contributed by atoms with Crippen LogP contribution in [0.15, 0.2) is 144 Å². The summed E-state index contributed by atoms with van der Waals surface area (Å²) in [5.41, 5.74) is 26.4. The number of aliphatic hydroxyl groups excluding tert-OH is 2. The van der Waals surface area contributed by atoms with Gasteiger partial charge in [-0.3, -0.25) is 9.59 Å². The predicted octanol–water partition coefficient (Wildman–Crippen LogP) is 12.1. The molecule has 0 aliphatic heterocycles. The fraction of sp³-hybridized carbons (Fsp3) is 0.224. The molecule has 53 heavy (non-hydrogen) atoms. The molecule has 0 saturated carbocycles. The fourth-order valence-corrected chi connectivity index (χ4v) is 7.00. The maximum absolute atomic E-state index is 11.5. The SMILES string of the molecule is C=C=C=C=C=C=C=CC1(CCCCCCCC)c2cc(-c3ccc(/C(O)=C/C(C)=O)cc3)ccc2-c2ccc(-c3ccc(/C(O)=C/C(C)=O)cc3)cc21. The van der Waals surface area contributed by atoms with Crippen molar-refractivity contribution in [1.29, 1.82) is 0 Å². The van der Waals surface area contributed by atoms with Gasteiger partial charge in [0.2, 0.25) is 0 Å². The fourth-order valence-electron chi connectivity index (χ4n) is 7.00. The molecule has 5 rings (SSSR count). The summed E-state index contributed by atoms with van der Waals surface area (Å²) in [4.78, 5) is 23.1. The number of benzene rings is 4. The lowest BCUT2D eigenvalue weighted by atomic mass is 9.73. The Morgan fingerprint density at radius 2 is 1.08 bits per heavy atom. The summed E-state index contributed by atoms with van der Waals surface area (Å²) in [5.74, 6) is -0.543. The maximum atomic E-state index is 11.5. The lowest BCUT2D eigenvalue weighted by Crippen LogP contribution is -2.22. The number of ketones is 2. The van der Waals surface area contributed by atoms with Crippen LogP contribution in [0, 0.1) is 0 Å². The van der Waals surface area contributed by atoms with Gasteiger partial charge in [0.15, 0.2) is 11.6 Å². The summed E-state index contributed by atoms with van der Waals surface area (Å²) >= 11 is 0. The first kappa shape index (κ1) is 38.0. The average molecular weight is 697 g/mol. The van der Waals surface area contributed by atoms with Crippen molar-refractivity contribution in [2.75, 3.05) is 0 Å². The Morgan fingerprint density at radius 3 is 1.55 bits per heavy atom. The predicted molar refractivity (Wildman–Crippen MR) is 215 cm³/mol. The van der Waals surface area contributed by atoms with Gasteiger partial charge in [-0.05, 0) is 112 Å². The molecule has 4 nitrogen and oxygen atoms in total. The molecule has 1 aliphatic carbocycles. The molecule has 0 heterocycles. The first-order chi connectivity index (χ1) is 25.7. The van der Waals surface area contributed by atoms with Crippen molar-refractivity contribution in [2.45, 2.75) is 71.1 Å². The van der Waals surface area contributed by atoms with Gasteiger partial charge in [0.1, 0.15) is 11.5 Å². The molecule has 0 atom stereocenters. The van der Waals surface area contributed by atoms with Crippen LogP contribution in [0.1, 0.15) is 88.0 Å². The lowest BCUT2D eigenvalue weighted by Gasteiger charge is -2.29. The molecular weight excluding hydrogens is 653 g/mol. The average Bonchev–Trinajstić information content (AvgIpc) is 3.42. The van der Waals surface area contributed by atoms with Gasteiger partial charge in [-0.15, -0.1) is 0 Å². The van der Waals surface area contributed by atoms with Crippen LogP contribution in [0.4, 0.5) is 0 Å². The summed E-state index contributed by atoms with van der Waals surface area (Å²) in [7, 11) is 0. The highest BCUT2D eigenvalue weighted by molar-refractivity contribution is 5.94. The van der Waals surface area contributed by atoms with E-state index in [0.29, 0.717) is 11.1 Å². The molecule has 4 aromatic carbocycles. The quantitative estimate of drug-likeness (QED) is 0.0596. The number of hydrogen-bond acceptors (Lipinski definition) is 4. The van der Waals surface area contributed by atoms with Gasteiger partial charge in [-0.2, -0.15) is 0 Å². The molecule has 0 fully saturated rings. The minimum atomic E-state index is -0.529. The molecule has 1 aliphatic rings. The molecule has 0 aromatic heterocycles. The van der Waals surface area contributed by atoms with Gasteiger partial charge in [-0.1, -0.05) is 130 Å². The number of allylic oxidation sites excluding steroid dienone is 3. The highest BCUT2D eigenvalue weighted by Crippen LogP contribution is 2.54. The van der Waals surface area contributed by atoms with Crippen molar-refractivity contribution in [3.8, 4) is 33.4 Å². The number of rotatable bonds is 14. The zero-order chi connectivity index (χ0) is 37.8. The second-order valence-electron chi connectivity index (χ2n) is 13.4. The van der Waals surface area contributed by atoms with E-state index in [-0.39, 0.29) is 23.1 Å². The van der Waals surface area contributed by atoms with Crippen molar-refractivity contribution >= 4 is 23.1 Å². The van der Waals surface area contributed by atoms with E-state index in [0.717, 1.165) is 52.6 Å². The smallest absolute Gasteiger partial charge is 0.156 e. The second-order valence-corrected chi connectivity index (χ2v) is 13.4. The molecule has 0 amide bonds. The Morgan fingerprint density at radius 1 is 0.623 bits per heavy atom. The van der Waals surface area contributed by atoms with Gasteiger partial charge < -0.3 is 10.2 Å². The molecular formula is C49H44O4. The highest BCUT2D eigenvalue weighted by Gasteiger charge is 2.41. The Bertz CT molecular complexity index is 2190. The molecule has 0 spiro atoms. The summed E-state index contributed by atoms with van der Waals surface area (Å²) in [6.07, 6.45) is 12.4. The van der Waals surface area contributed by atoms with Crippen LogP contribution >= 0.6 is 0 Å². The third-order valence-electron chi connectivity index (χ3n) is 9.59. The van der Waals surface area contributed by atoms with E-state index in [1.165, 1.54) is 62.8 Å². The Kier molecular flexibility index (Phi) is 12.7. The largest absolute Gasteiger partial charge is 0.507 e. The molecule has 2 N–H and O–H groups in total. The third-order valence-corrected chi connectivity index (χ3v) is 9.59. The van der Waals surface area contributed by atoms with Gasteiger partial charge in [-0.25, -0.2) is 0 Å². The topological polar surface area (TPSA) is 74.6 Å². The van der Waals surface area contributed by atoms with E-state index in [2.05, 4.69) is 90.4 Å². The van der Waals surface area contributed by atoms with Gasteiger partial charge in [0, 0.05) is 28.7 Å². The van der Waals surface area contributed by atoms with Crippen LogP contribution < -0.4 is 0 Å². The normalized spacial score (nSPS) is 12.5. The summed E-state index contributed by atoms with van der Waals surface area (Å²) < 4.78 is 0. The standard InChI is InChI=1S/C49H44O4/c1-5-7-9-11-13-15-29-49(30-16-14-12-10-8-6-2)45-33-41(37-17-21-39(22-18-37)47(52)31-35(3)50)25-27-43(45)44-28-26-42(34-46(44)49)38-19-23-40(24-20-38)48(53)32-36(4)51/h17-29,31-34,52-53H,1,6,8,10,12,14,16,30H2,2-4H3/b47-31-,48-32-. The zero-order valence-corrected chi connectivity index (χ0v) is 30.7. The highest BCUT2D eigenvalue weighted by atomic mass is 16.3. The minimum Gasteiger partial charge on any atom is -0.507 e. The number of carbonyl (C=O) groups is 2. The van der Waals surface area contributed by atoms with Crippen LogP contribution in [-0.4, -0.2) is 21.8 Å². The summed E-state index contributed by atoms with van der Waals surface area (Å²) in [5, 5.41) is 20.8. The summed E-state index contributed by atoms with van der Waals surface area (Å²) in [6.45, 7) is 8.58. The Balaban J connectivity index is 1.67. The van der Waals surface area contributed by atoms with Gasteiger partial charge in [0.05, 0.1) is 0 Å². The molecule has 0 radical (unpaired) electrons. The van der Waals surface area contributed by atoms with Crippen molar-refractivity contribution < 1.29 is 19.8 Å². The number of unbranched alkanes of at least 4 members (excludes halogenated alkanes) is 5. The Labute approximate surface area is 312 Å². The van der Waals surface area contributed by atoms with E-state index in [4.69, 9.17) is 0 Å². The minimum absolute atomic E-state index is 0.0568. The zero-order valence-electron chi connectivity index (χ0n) is 30.7. The molecule has 4 heteroatoms. The van der Waals surface area contributed by atoms with Crippen molar-refractivity contribution in [3.63, 3.8) is 0 Å². The van der Waals surface area contributed by atoms with Crippen molar-refractivity contribution in [3.05, 3.63) is 166 Å². The number of aliphatic hydroxyl groups is 2. The maximum Gasteiger partial charge on any atom is 0.156 e. The first-order valence-corrected chi connectivity index (χ1v) is 18.1. The van der Waals surface area contributed by atoms with Crippen molar-refractivity contribution in [2.24, 2.45) is 0 Å². The summed E-state index contributed by atoms with van der Waals surface area (Å²) in [6, 6.07) is 28.3. The van der Waals surface area contributed by atoms with Gasteiger partial charge in [0.25, 0.3) is 0 Å². The number of carbonyl (C=O) groups excluding carboxylic acids is 2. The van der Waals surface area contributed by atoms with Crippen LogP contribution in [0.25, 0.3) is 44.9 Å². The molecule has 4 aromatic rings.